The van der Waals surface area contributed by atoms with Crippen molar-refractivity contribution >= 4 is 0 Å². The molecule has 0 amide bonds. The lowest BCUT2D eigenvalue weighted by molar-refractivity contribution is 0.286. The van der Waals surface area contributed by atoms with Crippen molar-refractivity contribution in [3.63, 3.8) is 0 Å². The van der Waals surface area contributed by atoms with Crippen molar-refractivity contribution < 1.29 is 9.47 Å². The number of hydrogen-bond acceptors (Lipinski definition) is 8. The molecule has 20 heavy (non-hydrogen) atoms. The third-order valence-corrected chi connectivity index (χ3v) is 2.21. The summed E-state index contributed by atoms with van der Waals surface area (Å²) in [5.74, 6) is 0. The Morgan fingerprint density at radius 3 is 1.65 bits per heavy atom. The topological polar surface area (TPSA) is 95.8 Å². The highest BCUT2D eigenvalue weighted by Crippen LogP contribution is 2.15. The molecule has 0 aliphatic carbocycles. The molecular weight excluding hydrogens is 260 g/mol. The molecule has 0 radical (unpaired) electrons. The first-order valence-corrected chi connectivity index (χ1v) is 6.49. The second-order valence-corrected chi connectivity index (χ2v) is 3.95. The highest BCUT2D eigenvalue weighted by Gasteiger charge is 2.08. The van der Waals surface area contributed by atoms with E-state index in [1.165, 1.54) is 12.4 Å². The number of aromatic nitrogens is 6. The van der Waals surface area contributed by atoms with E-state index in [1.807, 2.05) is 13.8 Å². The van der Waals surface area contributed by atoms with E-state index in [0.717, 1.165) is 12.8 Å². The van der Waals surface area contributed by atoms with Crippen LogP contribution in [0.3, 0.4) is 0 Å². The lowest BCUT2D eigenvalue weighted by atomic mass is 10.3. The molecule has 8 nitrogen and oxygen atoms in total. The smallest absolute Gasteiger partial charge is 0.336 e. The van der Waals surface area contributed by atoms with Crippen molar-refractivity contribution in [2.45, 2.75) is 26.7 Å². The van der Waals surface area contributed by atoms with Crippen LogP contribution >= 0.6 is 0 Å². The van der Waals surface area contributed by atoms with Gasteiger partial charge < -0.3 is 9.47 Å². The Hall–Kier alpha value is -2.38. The van der Waals surface area contributed by atoms with Gasteiger partial charge in [0.1, 0.15) is 11.4 Å². The fourth-order valence-corrected chi connectivity index (χ4v) is 1.33. The minimum atomic E-state index is 0.221. The summed E-state index contributed by atoms with van der Waals surface area (Å²) in [6, 6.07) is 0.443. The highest BCUT2D eigenvalue weighted by atomic mass is 16.5. The standard InChI is InChI=1S/C12H16N6O2/c1-3-5-19-11-15-9(7-13-17-11)10-8-14-18-12(16-10)20-6-4-2/h7-8H,3-6H2,1-2H3. The molecule has 8 heteroatoms. The summed E-state index contributed by atoms with van der Waals surface area (Å²) in [5, 5.41) is 15.3. The molecule has 0 saturated carbocycles. The summed E-state index contributed by atoms with van der Waals surface area (Å²) in [7, 11) is 0. The van der Waals surface area contributed by atoms with Crippen LogP contribution in [0.4, 0.5) is 0 Å². The van der Waals surface area contributed by atoms with Crippen LogP contribution in [0.25, 0.3) is 11.4 Å². The fourth-order valence-electron chi connectivity index (χ4n) is 1.33. The summed E-state index contributed by atoms with van der Waals surface area (Å²) >= 11 is 0. The second-order valence-electron chi connectivity index (χ2n) is 3.95. The molecule has 2 rings (SSSR count). The van der Waals surface area contributed by atoms with E-state index < -0.39 is 0 Å². The highest BCUT2D eigenvalue weighted by molar-refractivity contribution is 5.51. The molecule has 0 spiro atoms. The Morgan fingerprint density at radius 2 is 1.25 bits per heavy atom. The van der Waals surface area contributed by atoms with Crippen LogP contribution in [-0.2, 0) is 0 Å². The molecular formula is C12H16N6O2. The molecule has 0 fully saturated rings. The SMILES string of the molecule is CCCOc1nncc(-c2cnnc(OCCC)n2)n1. The van der Waals surface area contributed by atoms with Crippen molar-refractivity contribution in [2.75, 3.05) is 13.2 Å². The molecule has 0 aliphatic rings. The van der Waals surface area contributed by atoms with Crippen molar-refractivity contribution in [1.29, 1.82) is 0 Å². The van der Waals surface area contributed by atoms with Crippen molar-refractivity contribution in [2.24, 2.45) is 0 Å². The molecule has 2 aromatic heterocycles. The average molecular weight is 276 g/mol. The Kier molecular flexibility index (Phi) is 5.10. The van der Waals surface area contributed by atoms with E-state index in [-0.39, 0.29) is 12.0 Å². The largest absolute Gasteiger partial charge is 0.462 e. The summed E-state index contributed by atoms with van der Waals surface area (Å²) in [5.41, 5.74) is 1.03. The van der Waals surface area contributed by atoms with Crippen molar-refractivity contribution in [3.8, 4) is 23.4 Å². The van der Waals surface area contributed by atoms with Crippen LogP contribution in [0.5, 0.6) is 12.0 Å². The zero-order valence-electron chi connectivity index (χ0n) is 11.5. The predicted octanol–water partition coefficient (Wildman–Crippen LogP) is 1.30. The van der Waals surface area contributed by atoms with Gasteiger partial charge in [0.2, 0.25) is 0 Å². The van der Waals surface area contributed by atoms with Gasteiger partial charge >= 0.3 is 12.0 Å². The molecule has 0 atom stereocenters. The maximum Gasteiger partial charge on any atom is 0.336 e. The number of hydrogen-bond donors (Lipinski definition) is 0. The molecule has 0 unspecified atom stereocenters. The lowest BCUT2D eigenvalue weighted by Gasteiger charge is -2.04. The molecule has 0 N–H and O–H groups in total. The quantitative estimate of drug-likeness (QED) is 0.746. The zero-order valence-corrected chi connectivity index (χ0v) is 11.5. The number of rotatable bonds is 7. The van der Waals surface area contributed by atoms with Crippen LogP contribution in [0.2, 0.25) is 0 Å². The molecule has 0 saturated heterocycles. The van der Waals surface area contributed by atoms with Crippen LogP contribution in [0.1, 0.15) is 26.7 Å². The van der Waals surface area contributed by atoms with Crippen molar-refractivity contribution in [1.82, 2.24) is 30.4 Å². The normalized spacial score (nSPS) is 10.3. The van der Waals surface area contributed by atoms with Crippen LogP contribution in [0, 0.1) is 0 Å². The van der Waals surface area contributed by atoms with E-state index in [2.05, 4.69) is 30.4 Å². The molecule has 0 aromatic carbocycles. The first-order valence-electron chi connectivity index (χ1n) is 6.49. The summed E-state index contributed by atoms with van der Waals surface area (Å²) in [6.45, 7) is 5.09. The third-order valence-electron chi connectivity index (χ3n) is 2.21. The maximum absolute atomic E-state index is 5.33. The molecule has 106 valence electrons. The second kappa shape index (κ2) is 7.27. The molecule has 2 aromatic rings. The van der Waals surface area contributed by atoms with E-state index in [4.69, 9.17) is 9.47 Å². The first kappa shape index (κ1) is 14.0. The van der Waals surface area contributed by atoms with E-state index in [9.17, 15) is 0 Å². The molecule has 2 heterocycles. The Balaban J connectivity index is 2.17. The number of ether oxygens (including phenoxy) is 2. The summed E-state index contributed by atoms with van der Waals surface area (Å²) in [6.07, 6.45) is 4.73. The lowest BCUT2D eigenvalue weighted by Crippen LogP contribution is -2.04. The Morgan fingerprint density at radius 1 is 0.800 bits per heavy atom. The van der Waals surface area contributed by atoms with E-state index in [0.29, 0.717) is 24.6 Å². The number of nitrogens with zero attached hydrogens (tertiary/aromatic N) is 6. The van der Waals surface area contributed by atoms with E-state index in [1.54, 1.807) is 0 Å². The van der Waals surface area contributed by atoms with Crippen LogP contribution in [-0.4, -0.2) is 43.6 Å². The van der Waals surface area contributed by atoms with Gasteiger partial charge in [-0.25, -0.2) is 0 Å². The van der Waals surface area contributed by atoms with E-state index >= 15 is 0 Å². The minimum absolute atomic E-state index is 0.221. The maximum atomic E-state index is 5.33. The van der Waals surface area contributed by atoms with Gasteiger partial charge in [-0.15, -0.1) is 0 Å². The third kappa shape index (κ3) is 3.81. The van der Waals surface area contributed by atoms with Gasteiger partial charge in [0.15, 0.2) is 0 Å². The van der Waals surface area contributed by atoms with Crippen LogP contribution < -0.4 is 9.47 Å². The van der Waals surface area contributed by atoms with Crippen LogP contribution in [0.15, 0.2) is 12.4 Å². The van der Waals surface area contributed by atoms with Gasteiger partial charge in [-0.1, -0.05) is 24.0 Å². The first-order chi connectivity index (χ1) is 9.83. The van der Waals surface area contributed by atoms with Gasteiger partial charge in [-0.2, -0.15) is 20.2 Å². The Labute approximate surface area is 116 Å². The van der Waals surface area contributed by atoms with Gasteiger partial charge in [0.05, 0.1) is 25.6 Å². The van der Waals surface area contributed by atoms with Gasteiger partial charge in [-0.05, 0) is 12.8 Å². The van der Waals surface area contributed by atoms with Crippen molar-refractivity contribution in [3.05, 3.63) is 12.4 Å². The Bertz CT molecular complexity index is 501. The van der Waals surface area contributed by atoms with Gasteiger partial charge in [0.25, 0.3) is 0 Å². The van der Waals surface area contributed by atoms with Gasteiger partial charge in [0, 0.05) is 0 Å². The monoisotopic (exact) mass is 276 g/mol. The zero-order chi connectivity index (χ0) is 14.2. The van der Waals surface area contributed by atoms with Gasteiger partial charge in [-0.3, -0.25) is 0 Å². The molecule has 0 bridgehead atoms. The molecule has 0 aliphatic heterocycles. The fraction of sp³-hybridized carbons (Fsp3) is 0.500. The average Bonchev–Trinajstić information content (AvgIpc) is 2.51. The predicted molar refractivity (Wildman–Crippen MR) is 70.2 cm³/mol. The summed E-state index contributed by atoms with van der Waals surface area (Å²) < 4.78 is 10.7. The minimum Gasteiger partial charge on any atom is -0.462 e. The summed E-state index contributed by atoms with van der Waals surface area (Å²) in [4.78, 5) is 8.44.